The van der Waals surface area contributed by atoms with Gasteiger partial charge in [0.1, 0.15) is 0 Å². The smallest absolute Gasteiger partial charge is 0.233 e. The van der Waals surface area contributed by atoms with Gasteiger partial charge in [-0.2, -0.15) is 0 Å². The highest BCUT2D eigenvalue weighted by molar-refractivity contribution is 5.77. The summed E-state index contributed by atoms with van der Waals surface area (Å²) in [7, 11) is 0. The largest absolute Gasteiger partial charge is 0.355 e. The van der Waals surface area contributed by atoms with Crippen molar-refractivity contribution in [2.75, 3.05) is 13.1 Å². The lowest BCUT2D eigenvalue weighted by molar-refractivity contribution is -0.120. The molecule has 1 aromatic rings. The molecule has 0 aliphatic heterocycles. The third kappa shape index (κ3) is 3.30. The van der Waals surface area contributed by atoms with Gasteiger partial charge in [-0.25, -0.2) is 0 Å². The molecule has 0 aromatic heterocycles. The van der Waals surface area contributed by atoms with E-state index < -0.39 is 0 Å². The van der Waals surface area contributed by atoms with Crippen molar-refractivity contribution < 1.29 is 4.79 Å². The monoisotopic (exact) mass is 232 g/mol. The third-order valence-corrected chi connectivity index (χ3v) is 3.27. The zero-order valence-electron chi connectivity index (χ0n) is 10.3. The minimum atomic E-state index is 0.0892. The van der Waals surface area contributed by atoms with E-state index in [0.29, 0.717) is 19.1 Å². The van der Waals surface area contributed by atoms with E-state index in [-0.39, 0.29) is 5.91 Å². The molecule has 3 nitrogen and oxygen atoms in total. The standard InChI is InChI=1S/C14H20N2O/c1-2-15-14(17)10-16-13-8-7-11-5-3-4-6-12(11)9-13/h3-6,13,16H,2,7-10H2,1H3,(H,15,17). The Hall–Kier alpha value is -1.35. The molecule has 0 bridgehead atoms. The van der Waals surface area contributed by atoms with Gasteiger partial charge in [0.05, 0.1) is 6.54 Å². The Kier molecular flexibility index (Phi) is 4.15. The number of rotatable bonds is 4. The second-order valence-corrected chi connectivity index (χ2v) is 4.54. The maximum atomic E-state index is 11.4. The highest BCUT2D eigenvalue weighted by Gasteiger charge is 2.18. The van der Waals surface area contributed by atoms with Crippen molar-refractivity contribution in [3.05, 3.63) is 35.4 Å². The molecule has 0 heterocycles. The van der Waals surface area contributed by atoms with Crippen LogP contribution in [0.15, 0.2) is 24.3 Å². The molecule has 92 valence electrons. The molecule has 17 heavy (non-hydrogen) atoms. The first-order chi connectivity index (χ1) is 8.29. The zero-order valence-corrected chi connectivity index (χ0v) is 10.3. The molecule has 0 saturated heterocycles. The van der Waals surface area contributed by atoms with Crippen molar-refractivity contribution >= 4 is 5.91 Å². The van der Waals surface area contributed by atoms with E-state index in [9.17, 15) is 4.79 Å². The Balaban J connectivity index is 1.84. The van der Waals surface area contributed by atoms with Crippen LogP contribution in [0.2, 0.25) is 0 Å². The molecule has 0 saturated carbocycles. The SMILES string of the molecule is CCNC(=O)CNC1CCc2ccccc2C1. The summed E-state index contributed by atoms with van der Waals surface area (Å²) in [5, 5.41) is 6.14. The van der Waals surface area contributed by atoms with Crippen molar-refractivity contribution in [1.82, 2.24) is 10.6 Å². The summed E-state index contributed by atoms with van der Waals surface area (Å²) in [6.45, 7) is 3.07. The third-order valence-electron chi connectivity index (χ3n) is 3.27. The first kappa shape index (κ1) is 12.1. The van der Waals surface area contributed by atoms with Crippen molar-refractivity contribution in [2.45, 2.75) is 32.2 Å². The summed E-state index contributed by atoms with van der Waals surface area (Å²) < 4.78 is 0. The minimum Gasteiger partial charge on any atom is -0.355 e. The number of hydrogen-bond donors (Lipinski definition) is 2. The van der Waals surface area contributed by atoms with Crippen LogP contribution >= 0.6 is 0 Å². The van der Waals surface area contributed by atoms with Crippen molar-refractivity contribution in [3.63, 3.8) is 0 Å². The highest BCUT2D eigenvalue weighted by atomic mass is 16.1. The molecule has 0 radical (unpaired) electrons. The van der Waals surface area contributed by atoms with E-state index in [0.717, 1.165) is 19.3 Å². The van der Waals surface area contributed by atoms with Crippen LogP contribution < -0.4 is 10.6 Å². The molecule has 1 atom stereocenters. The summed E-state index contributed by atoms with van der Waals surface area (Å²) in [5.74, 6) is 0.0892. The maximum absolute atomic E-state index is 11.4. The molecule has 0 fully saturated rings. The quantitative estimate of drug-likeness (QED) is 0.821. The van der Waals surface area contributed by atoms with Crippen LogP contribution in [0, 0.1) is 0 Å². The van der Waals surface area contributed by atoms with Gasteiger partial charge in [0, 0.05) is 12.6 Å². The van der Waals surface area contributed by atoms with Gasteiger partial charge in [-0.05, 0) is 37.3 Å². The molecule has 1 aliphatic carbocycles. The molecule has 2 rings (SSSR count). The Morgan fingerprint density at radius 1 is 1.35 bits per heavy atom. The lowest BCUT2D eigenvalue weighted by Gasteiger charge is -2.25. The van der Waals surface area contributed by atoms with Crippen LogP contribution in [-0.2, 0) is 17.6 Å². The molecular weight excluding hydrogens is 212 g/mol. The first-order valence-electron chi connectivity index (χ1n) is 6.36. The molecule has 1 unspecified atom stereocenters. The molecule has 1 amide bonds. The number of benzene rings is 1. The van der Waals surface area contributed by atoms with Gasteiger partial charge < -0.3 is 10.6 Å². The van der Waals surface area contributed by atoms with Crippen LogP contribution in [0.25, 0.3) is 0 Å². The van der Waals surface area contributed by atoms with E-state index in [4.69, 9.17) is 0 Å². The lowest BCUT2D eigenvalue weighted by Crippen LogP contribution is -2.41. The average Bonchev–Trinajstić information content (AvgIpc) is 2.36. The molecule has 1 aliphatic rings. The summed E-state index contributed by atoms with van der Waals surface area (Å²) in [5.41, 5.74) is 2.88. The second-order valence-electron chi connectivity index (χ2n) is 4.54. The lowest BCUT2D eigenvalue weighted by atomic mass is 9.88. The van der Waals surface area contributed by atoms with Gasteiger partial charge in [-0.1, -0.05) is 24.3 Å². The molecule has 1 aromatic carbocycles. The number of carbonyl (C=O) groups is 1. The second kappa shape index (κ2) is 5.82. The molecule has 3 heteroatoms. The Labute approximate surface area is 103 Å². The summed E-state index contributed by atoms with van der Waals surface area (Å²) in [6, 6.07) is 9.02. The molecule has 2 N–H and O–H groups in total. The topological polar surface area (TPSA) is 41.1 Å². The average molecular weight is 232 g/mol. The van der Waals surface area contributed by atoms with E-state index in [1.807, 2.05) is 6.92 Å². The number of aryl methyl sites for hydroxylation is 1. The Morgan fingerprint density at radius 3 is 2.88 bits per heavy atom. The fourth-order valence-electron chi connectivity index (χ4n) is 2.37. The number of hydrogen-bond acceptors (Lipinski definition) is 2. The fourth-order valence-corrected chi connectivity index (χ4v) is 2.37. The van der Waals surface area contributed by atoms with E-state index in [1.54, 1.807) is 0 Å². The Bertz CT molecular complexity index is 390. The van der Waals surface area contributed by atoms with Gasteiger partial charge in [-0.3, -0.25) is 4.79 Å². The zero-order chi connectivity index (χ0) is 12.1. The number of carbonyl (C=O) groups excluding carboxylic acids is 1. The van der Waals surface area contributed by atoms with Gasteiger partial charge in [0.25, 0.3) is 0 Å². The normalized spacial score (nSPS) is 18.5. The number of nitrogens with one attached hydrogen (secondary N) is 2. The molecular formula is C14H20N2O. The van der Waals surface area contributed by atoms with Gasteiger partial charge in [0.2, 0.25) is 5.91 Å². The van der Waals surface area contributed by atoms with E-state index in [2.05, 4.69) is 34.9 Å². The Morgan fingerprint density at radius 2 is 2.12 bits per heavy atom. The van der Waals surface area contributed by atoms with E-state index >= 15 is 0 Å². The number of fused-ring (bicyclic) bond motifs is 1. The summed E-state index contributed by atoms with van der Waals surface area (Å²) in [4.78, 5) is 11.4. The predicted octanol–water partition coefficient (Wildman–Crippen LogP) is 1.27. The molecule has 0 spiro atoms. The van der Waals surface area contributed by atoms with Crippen LogP contribution in [0.4, 0.5) is 0 Å². The van der Waals surface area contributed by atoms with Crippen LogP contribution in [-0.4, -0.2) is 25.0 Å². The van der Waals surface area contributed by atoms with Crippen molar-refractivity contribution in [3.8, 4) is 0 Å². The number of amides is 1. The summed E-state index contributed by atoms with van der Waals surface area (Å²) in [6.07, 6.45) is 3.27. The van der Waals surface area contributed by atoms with Gasteiger partial charge >= 0.3 is 0 Å². The summed E-state index contributed by atoms with van der Waals surface area (Å²) >= 11 is 0. The minimum absolute atomic E-state index is 0.0892. The maximum Gasteiger partial charge on any atom is 0.233 e. The van der Waals surface area contributed by atoms with Crippen molar-refractivity contribution in [1.29, 1.82) is 0 Å². The number of likely N-dealkylation sites (N-methyl/N-ethyl adjacent to an activating group) is 1. The van der Waals surface area contributed by atoms with Gasteiger partial charge in [0.15, 0.2) is 0 Å². The van der Waals surface area contributed by atoms with Crippen LogP contribution in [0.1, 0.15) is 24.5 Å². The van der Waals surface area contributed by atoms with E-state index in [1.165, 1.54) is 11.1 Å². The van der Waals surface area contributed by atoms with Crippen LogP contribution in [0.3, 0.4) is 0 Å². The van der Waals surface area contributed by atoms with Gasteiger partial charge in [-0.15, -0.1) is 0 Å². The van der Waals surface area contributed by atoms with Crippen molar-refractivity contribution in [2.24, 2.45) is 0 Å². The predicted molar refractivity (Wildman–Crippen MR) is 68.9 cm³/mol. The van der Waals surface area contributed by atoms with Crippen LogP contribution in [0.5, 0.6) is 0 Å². The highest BCUT2D eigenvalue weighted by Crippen LogP contribution is 2.20. The fraction of sp³-hybridized carbons (Fsp3) is 0.500. The first-order valence-corrected chi connectivity index (χ1v) is 6.36.